The third kappa shape index (κ3) is 4.19. The zero-order chi connectivity index (χ0) is 26.5. The van der Waals surface area contributed by atoms with Gasteiger partial charge in [-0.1, -0.05) is 108 Å². The Balaban J connectivity index is 1.78. The lowest BCUT2D eigenvalue weighted by Gasteiger charge is -2.36. The smallest absolute Gasteiger partial charge is 0.0454 e. The van der Waals surface area contributed by atoms with Gasteiger partial charge in [0.05, 0.1) is 0 Å². The van der Waals surface area contributed by atoms with Gasteiger partial charge in [0.25, 0.3) is 0 Å². The summed E-state index contributed by atoms with van der Waals surface area (Å²) >= 11 is 0. The maximum absolute atomic E-state index is 2.61. The molecule has 0 bridgehead atoms. The summed E-state index contributed by atoms with van der Waals surface area (Å²) in [5.41, 5.74) is 13.8. The molecule has 0 N–H and O–H groups in total. The SMILES string of the molecule is CC(C)c1cc2c(cc1N(c1cccc(-c3ccccc3)c1C(C)C)C(C)C)C(C)(C)c1ccccc1-2. The van der Waals surface area contributed by atoms with Crippen LogP contribution >= 0.6 is 0 Å². The lowest BCUT2D eigenvalue weighted by atomic mass is 9.81. The lowest BCUT2D eigenvalue weighted by Crippen LogP contribution is -2.29. The summed E-state index contributed by atoms with van der Waals surface area (Å²) in [6, 6.07) is 32.0. The zero-order valence-corrected chi connectivity index (χ0v) is 23.8. The number of nitrogens with zero attached hydrogens (tertiary/aromatic N) is 1. The molecule has 5 rings (SSSR count). The Labute approximate surface area is 224 Å². The Morgan fingerprint density at radius 2 is 1.22 bits per heavy atom. The number of hydrogen-bond acceptors (Lipinski definition) is 1. The van der Waals surface area contributed by atoms with Gasteiger partial charge in [0, 0.05) is 22.8 Å². The number of benzene rings is 4. The second kappa shape index (κ2) is 9.53. The summed E-state index contributed by atoms with van der Waals surface area (Å²) in [6.07, 6.45) is 0. The number of rotatable bonds is 6. The molecule has 0 spiro atoms. The molecule has 0 fully saturated rings. The van der Waals surface area contributed by atoms with Crippen LogP contribution in [0.5, 0.6) is 0 Å². The molecule has 190 valence electrons. The molecule has 0 amide bonds. The van der Waals surface area contributed by atoms with Crippen molar-refractivity contribution in [2.45, 2.75) is 78.7 Å². The van der Waals surface area contributed by atoms with Crippen LogP contribution in [0.3, 0.4) is 0 Å². The molecule has 4 aromatic carbocycles. The van der Waals surface area contributed by atoms with Crippen molar-refractivity contribution in [3.8, 4) is 22.3 Å². The van der Waals surface area contributed by atoms with Crippen molar-refractivity contribution in [1.29, 1.82) is 0 Å². The van der Waals surface area contributed by atoms with Gasteiger partial charge in [-0.3, -0.25) is 0 Å². The molecule has 4 aromatic rings. The van der Waals surface area contributed by atoms with E-state index in [1.807, 2.05) is 0 Å². The van der Waals surface area contributed by atoms with Gasteiger partial charge < -0.3 is 4.90 Å². The number of fused-ring (bicyclic) bond motifs is 3. The first-order chi connectivity index (χ1) is 17.6. The van der Waals surface area contributed by atoms with Gasteiger partial charge >= 0.3 is 0 Å². The molecule has 0 aliphatic heterocycles. The zero-order valence-electron chi connectivity index (χ0n) is 23.8. The van der Waals surface area contributed by atoms with Crippen molar-refractivity contribution in [3.05, 3.63) is 107 Å². The highest BCUT2D eigenvalue weighted by Crippen LogP contribution is 2.52. The van der Waals surface area contributed by atoms with Crippen LogP contribution in [0.1, 0.15) is 89.5 Å². The van der Waals surface area contributed by atoms with E-state index in [1.165, 1.54) is 55.9 Å². The molecule has 0 heterocycles. The Hall–Kier alpha value is -3.32. The Morgan fingerprint density at radius 1 is 0.568 bits per heavy atom. The van der Waals surface area contributed by atoms with Crippen LogP contribution in [0.15, 0.2) is 84.9 Å². The van der Waals surface area contributed by atoms with Crippen molar-refractivity contribution in [2.75, 3.05) is 4.90 Å². The fourth-order valence-corrected chi connectivity index (χ4v) is 6.35. The van der Waals surface area contributed by atoms with Gasteiger partial charge in [-0.15, -0.1) is 0 Å². The van der Waals surface area contributed by atoms with Crippen LogP contribution < -0.4 is 4.90 Å². The minimum atomic E-state index is -0.0222. The third-order valence-corrected chi connectivity index (χ3v) is 8.13. The second-order valence-electron chi connectivity index (χ2n) is 12.0. The minimum absolute atomic E-state index is 0.0222. The molecule has 0 aromatic heterocycles. The van der Waals surface area contributed by atoms with Crippen LogP contribution in [-0.2, 0) is 5.41 Å². The summed E-state index contributed by atoms with van der Waals surface area (Å²) in [4.78, 5) is 2.61. The van der Waals surface area contributed by atoms with Crippen LogP contribution in [0.25, 0.3) is 22.3 Å². The maximum Gasteiger partial charge on any atom is 0.0454 e. The van der Waals surface area contributed by atoms with Crippen molar-refractivity contribution in [3.63, 3.8) is 0 Å². The van der Waals surface area contributed by atoms with Crippen molar-refractivity contribution in [2.24, 2.45) is 0 Å². The fraction of sp³-hybridized carbons (Fsp3) is 0.333. The third-order valence-electron chi connectivity index (χ3n) is 8.13. The average molecular weight is 488 g/mol. The van der Waals surface area contributed by atoms with Crippen LogP contribution in [-0.4, -0.2) is 6.04 Å². The van der Waals surface area contributed by atoms with Gasteiger partial charge in [0.1, 0.15) is 0 Å². The summed E-state index contributed by atoms with van der Waals surface area (Å²) in [7, 11) is 0. The summed E-state index contributed by atoms with van der Waals surface area (Å²) in [6.45, 7) is 18.7. The largest absolute Gasteiger partial charge is 0.338 e. The van der Waals surface area contributed by atoms with E-state index in [0.717, 1.165) is 0 Å². The van der Waals surface area contributed by atoms with Gasteiger partial charge in [0.2, 0.25) is 0 Å². The molecular weight excluding hydrogens is 446 g/mol. The van der Waals surface area contributed by atoms with Gasteiger partial charge in [-0.2, -0.15) is 0 Å². The molecule has 37 heavy (non-hydrogen) atoms. The van der Waals surface area contributed by atoms with Crippen LogP contribution in [0, 0.1) is 0 Å². The molecule has 1 aliphatic rings. The van der Waals surface area contributed by atoms with E-state index in [0.29, 0.717) is 17.9 Å². The number of anilines is 2. The van der Waals surface area contributed by atoms with Crippen molar-refractivity contribution >= 4 is 11.4 Å². The molecule has 1 heteroatoms. The second-order valence-corrected chi connectivity index (χ2v) is 12.0. The topological polar surface area (TPSA) is 3.24 Å². The monoisotopic (exact) mass is 487 g/mol. The standard InChI is InChI=1S/C36H41N/c1-23(2)29-21-30-28-17-12-13-19-31(28)36(7,8)32(30)22-34(29)37(25(5)6)33-20-14-18-27(35(33)24(3)4)26-15-10-9-11-16-26/h9-25H,1-8H3. The molecule has 1 nitrogen and oxygen atoms in total. The number of hydrogen-bond donors (Lipinski definition) is 0. The van der Waals surface area contributed by atoms with Crippen molar-refractivity contribution in [1.82, 2.24) is 0 Å². The van der Waals surface area contributed by atoms with Crippen molar-refractivity contribution < 1.29 is 0 Å². The molecular formula is C36H41N. The Bertz CT molecular complexity index is 1420. The average Bonchev–Trinajstić information content (AvgIpc) is 3.10. The summed E-state index contributed by atoms with van der Waals surface area (Å²) in [5.74, 6) is 0.808. The Kier molecular flexibility index (Phi) is 6.52. The molecule has 0 radical (unpaired) electrons. The van der Waals surface area contributed by atoms with E-state index in [4.69, 9.17) is 0 Å². The maximum atomic E-state index is 2.61. The predicted octanol–water partition coefficient (Wildman–Crippen LogP) is 10.5. The molecule has 0 saturated heterocycles. The highest BCUT2D eigenvalue weighted by Gasteiger charge is 2.37. The minimum Gasteiger partial charge on any atom is -0.338 e. The van der Waals surface area contributed by atoms with E-state index < -0.39 is 0 Å². The van der Waals surface area contributed by atoms with E-state index >= 15 is 0 Å². The summed E-state index contributed by atoms with van der Waals surface area (Å²) < 4.78 is 0. The molecule has 0 atom stereocenters. The first-order valence-electron chi connectivity index (χ1n) is 13.9. The van der Waals surface area contributed by atoms with E-state index in [2.05, 4.69) is 145 Å². The van der Waals surface area contributed by atoms with E-state index in [-0.39, 0.29) is 5.41 Å². The van der Waals surface area contributed by atoms with Crippen LogP contribution in [0.2, 0.25) is 0 Å². The predicted molar refractivity (Wildman–Crippen MR) is 161 cm³/mol. The van der Waals surface area contributed by atoms with Gasteiger partial charge in [-0.25, -0.2) is 0 Å². The van der Waals surface area contributed by atoms with Gasteiger partial charge in [-0.05, 0) is 88.4 Å². The molecule has 1 aliphatic carbocycles. The first kappa shape index (κ1) is 25.3. The summed E-state index contributed by atoms with van der Waals surface area (Å²) in [5, 5.41) is 0. The van der Waals surface area contributed by atoms with Gasteiger partial charge in [0.15, 0.2) is 0 Å². The Morgan fingerprint density at radius 3 is 1.86 bits per heavy atom. The molecule has 0 saturated carbocycles. The quantitative estimate of drug-likeness (QED) is 0.261. The highest BCUT2D eigenvalue weighted by molar-refractivity contribution is 5.86. The normalized spacial score (nSPS) is 13.8. The fourth-order valence-electron chi connectivity index (χ4n) is 6.35. The highest BCUT2D eigenvalue weighted by atomic mass is 15.2. The first-order valence-corrected chi connectivity index (χ1v) is 13.9. The molecule has 0 unspecified atom stereocenters. The van der Waals surface area contributed by atoms with Crippen LogP contribution in [0.4, 0.5) is 11.4 Å². The van der Waals surface area contributed by atoms with E-state index in [1.54, 1.807) is 0 Å². The van der Waals surface area contributed by atoms with E-state index in [9.17, 15) is 0 Å². The lowest BCUT2D eigenvalue weighted by molar-refractivity contribution is 0.658.